The van der Waals surface area contributed by atoms with Gasteiger partial charge in [0.2, 0.25) is 5.91 Å². The van der Waals surface area contributed by atoms with Crippen molar-refractivity contribution in [2.24, 2.45) is 13.0 Å². The first kappa shape index (κ1) is 26.4. The number of carbonyl (C=O) groups excluding carboxylic acids is 2. The van der Waals surface area contributed by atoms with Crippen LogP contribution < -0.4 is 10.6 Å². The van der Waals surface area contributed by atoms with E-state index in [1.54, 1.807) is 11.6 Å². The van der Waals surface area contributed by atoms with Gasteiger partial charge in [-0.2, -0.15) is 0 Å². The predicted octanol–water partition coefficient (Wildman–Crippen LogP) is 4.65. The molecule has 3 rings (SSSR count). The van der Waals surface area contributed by atoms with E-state index in [1.165, 1.54) is 36.0 Å². The van der Waals surface area contributed by atoms with Crippen LogP contribution in [0.15, 0.2) is 52.1 Å². The Balaban J connectivity index is 1.68. The first-order chi connectivity index (χ1) is 16.6. The van der Waals surface area contributed by atoms with E-state index in [4.69, 9.17) is 0 Å². The number of amides is 2. The maximum atomic E-state index is 12.8. The molecule has 0 saturated heterocycles. The van der Waals surface area contributed by atoms with Crippen LogP contribution >= 0.6 is 27.7 Å². The van der Waals surface area contributed by atoms with Crippen molar-refractivity contribution >= 4 is 50.9 Å². The maximum Gasteiger partial charge on any atom is 0.270 e. The van der Waals surface area contributed by atoms with Gasteiger partial charge in [0.1, 0.15) is 0 Å². The Morgan fingerprint density at radius 2 is 1.94 bits per heavy atom. The lowest BCUT2D eigenvalue weighted by Crippen LogP contribution is -2.33. The fourth-order valence-electron chi connectivity index (χ4n) is 3.29. The average molecular weight is 561 g/mol. The number of nitrogens with one attached hydrogen (secondary N) is 2. The second kappa shape index (κ2) is 11.5. The van der Waals surface area contributed by atoms with Crippen molar-refractivity contribution in [3.8, 4) is 0 Å². The summed E-state index contributed by atoms with van der Waals surface area (Å²) in [5.41, 5.74) is 1.74. The van der Waals surface area contributed by atoms with Crippen LogP contribution in [0.4, 0.5) is 11.4 Å². The minimum Gasteiger partial charge on any atom is -0.342 e. The molecule has 2 amide bonds. The van der Waals surface area contributed by atoms with Crippen LogP contribution in [0.25, 0.3) is 0 Å². The highest BCUT2D eigenvalue weighted by Gasteiger charge is 2.26. The lowest BCUT2D eigenvalue weighted by Gasteiger charge is -2.21. The molecule has 2 aromatic carbocycles. The molecular formula is C23H25BrN6O4S. The van der Waals surface area contributed by atoms with E-state index in [2.05, 4.69) is 36.8 Å². The number of thioether (sulfide) groups is 1. The standard InChI is InChI=1S/C23H25BrN6O4S/c1-13(2)20(26-22(32)15-6-5-7-17(11-15)30(33)34)21-27-28-23(29(21)4)35-12-19(31)25-16-8-9-18(24)14(3)10-16/h5-11,13,20H,12H2,1-4H3,(H,25,31)(H,26,32)/t20-/m0/s1. The highest BCUT2D eigenvalue weighted by molar-refractivity contribution is 9.10. The number of nitro groups is 1. The van der Waals surface area contributed by atoms with Gasteiger partial charge in [-0.25, -0.2) is 0 Å². The molecule has 10 nitrogen and oxygen atoms in total. The third-order valence-corrected chi connectivity index (χ3v) is 7.10. The molecule has 0 fully saturated rings. The number of nitro benzene ring substituents is 1. The van der Waals surface area contributed by atoms with E-state index >= 15 is 0 Å². The van der Waals surface area contributed by atoms with Gasteiger partial charge in [0, 0.05) is 34.9 Å². The van der Waals surface area contributed by atoms with Crippen molar-refractivity contribution in [3.63, 3.8) is 0 Å². The van der Waals surface area contributed by atoms with Gasteiger partial charge in [0.05, 0.1) is 16.7 Å². The molecule has 1 aromatic heterocycles. The van der Waals surface area contributed by atoms with Crippen LogP contribution in [0.3, 0.4) is 0 Å². The van der Waals surface area contributed by atoms with Gasteiger partial charge in [-0.1, -0.05) is 47.6 Å². The van der Waals surface area contributed by atoms with Gasteiger partial charge < -0.3 is 15.2 Å². The molecule has 0 aliphatic heterocycles. The molecule has 1 heterocycles. The van der Waals surface area contributed by atoms with Crippen molar-refractivity contribution in [1.29, 1.82) is 0 Å². The molecule has 3 aromatic rings. The topological polar surface area (TPSA) is 132 Å². The van der Waals surface area contributed by atoms with Gasteiger partial charge in [-0.3, -0.25) is 19.7 Å². The number of hydrogen-bond donors (Lipinski definition) is 2. The largest absolute Gasteiger partial charge is 0.342 e. The summed E-state index contributed by atoms with van der Waals surface area (Å²) in [7, 11) is 1.77. The summed E-state index contributed by atoms with van der Waals surface area (Å²) in [6.07, 6.45) is 0. The average Bonchev–Trinajstić information content (AvgIpc) is 3.18. The van der Waals surface area contributed by atoms with Crippen molar-refractivity contribution in [2.75, 3.05) is 11.1 Å². The molecule has 0 spiro atoms. The van der Waals surface area contributed by atoms with Crippen LogP contribution in [-0.4, -0.2) is 37.3 Å². The van der Waals surface area contributed by atoms with Crippen molar-refractivity contribution in [3.05, 3.63) is 74.0 Å². The minimum absolute atomic E-state index is 0.0395. The fourth-order valence-corrected chi connectivity index (χ4v) is 4.25. The molecule has 184 valence electrons. The maximum absolute atomic E-state index is 12.8. The molecule has 0 radical (unpaired) electrons. The quantitative estimate of drug-likeness (QED) is 0.221. The molecule has 0 bridgehead atoms. The first-order valence-corrected chi connectivity index (χ1v) is 12.5. The molecule has 0 unspecified atom stereocenters. The van der Waals surface area contributed by atoms with Crippen molar-refractivity contribution < 1.29 is 14.5 Å². The number of hydrogen-bond acceptors (Lipinski definition) is 7. The van der Waals surface area contributed by atoms with E-state index < -0.39 is 16.9 Å². The Morgan fingerprint density at radius 3 is 2.60 bits per heavy atom. The zero-order valence-electron chi connectivity index (χ0n) is 19.6. The number of rotatable bonds is 9. The lowest BCUT2D eigenvalue weighted by atomic mass is 10.0. The molecular weight excluding hydrogens is 536 g/mol. The monoisotopic (exact) mass is 560 g/mol. The summed E-state index contributed by atoms with van der Waals surface area (Å²) >= 11 is 4.67. The van der Waals surface area contributed by atoms with E-state index in [1.807, 2.05) is 39.0 Å². The van der Waals surface area contributed by atoms with Gasteiger partial charge in [0.15, 0.2) is 11.0 Å². The second-order valence-electron chi connectivity index (χ2n) is 8.20. The lowest BCUT2D eigenvalue weighted by molar-refractivity contribution is -0.384. The van der Waals surface area contributed by atoms with E-state index in [0.717, 1.165) is 10.0 Å². The van der Waals surface area contributed by atoms with Crippen molar-refractivity contribution in [1.82, 2.24) is 20.1 Å². The molecule has 2 N–H and O–H groups in total. The fraction of sp³-hybridized carbons (Fsp3) is 0.304. The number of aromatic nitrogens is 3. The minimum atomic E-state index is -0.545. The highest BCUT2D eigenvalue weighted by atomic mass is 79.9. The summed E-state index contributed by atoms with van der Waals surface area (Å²) in [5.74, 6) is -0.0185. The Morgan fingerprint density at radius 1 is 1.20 bits per heavy atom. The molecule has 0 aliphatic carbocycles. The Kier molecular flexibility index (Phi) is 8.62. The second-order valence-corrected chi connectivity index (χ2v) is 10.0. The van der Waals surface area contributed by atoms with Crippen LogP contribution in [-0.2, 0) is 11.8 Å². The van der Waals surface area contributed by atoms with E-state index in [0.29, 0.717) is 16.7 Å². The summed E-state index contributed by atoms with van der Waals surface area (Å²) in [4.78, 5) is 35.7. The highest BCUT2D eigenvalue weighted by Crippen LogP contribution is 2.25. The Labute approximate surface area is 215 Å². The van der Waals surface area contributed by atoms with Crippen LogP contribution in [0.1, 0.15) is 41.6 Å². The van der Waals surface area contributed by atoms with E-state index in [9.17, 15) is 19.7 Å². The number of anilines is 1. The number of carbonyl (C=O) groups is 2. The van der Waals surface area contributed by atoms with Crippen molar-refractivity contribution in [2.45, 2.75) is 32.0 Å². The Bertz CT molecular complexity index is 1260. The van der Waals surface area contributed by atoms with Gasteiger partial charge in [0.25, 0.3) is 11.6 Å². The van der Waals surface area contributed by atoms with Gasteiger partial charge in [-0.05, 0) is 42.7 Å². The number of non-ortho nitro benzene ring substituents is 1. The first-order valence-electron chi connectivity index (χ1n) is 10.7. The summed E-state index contributed by atoms with van der Waals surface area (Å²) < 4.78 is 2.70. The number of halogens is 1. The third-order valence-electron chi connectivity index (χ3n) is 5.19. The van der Waals surface area contributed by atoms with Gasteiger partial charge in [-0.15, -0.1) is 10.2 Å². The predicted molar refractivity (Wildman–Crippen MR) is 137 cm³/mol. The normalized spacial score (nSPS) is 11.8. The molecule has 35 heavy (non-hydrogen) atoms. The van der Waals surface area contributed by atoms with E-state index in [-0.39, 0.29) is 28.8 Å². The third kappa shape index (κ3) is 6.67. The zero-order chi connectivity index (χ0) is 25.7. The molecule has 12 heteroatoms. The smallest absolute Gasteiger partial charge is 0.270 e. The summed E-state index contributed by atoms with van der Waals surface area (Å²) in [6, 6.07) is 10.6. The number of benzene rings is 2. The van der Waals surface area contributed by atoms with Crippen LogP contribution in [0.2, 0.25) is 0 Å². The summed E-state index contributed by atoms with van der Waals surface area (Å²) in [5, 5.41) is 25.8. The number of aryl methyl sites for hydroxylation is 1. The molecule has 0 aliphatic rings. The summed E-state index contributed by atoms with van der Waals surface area (Å²) in [6.45, 7) is 5.79. The zero-order valence-corrected chi connectivity index (χ0v) is 22.0. The Hall–Kier alpha value is -3.25. The molecule has 1 atom stereocenters. The van der Waals surface area contributed by atoms with Gasteiger partial charge >= 0.3 is 0 Å². The van der Waals surface area contributed by atoms with Crippen LogP contribution in [0, 0.1) is 23.0 Å². The number of nitrogens with zero attached hydrogens (tertiary/aromatic N) is 4. The van der Waals surface area contributed by atoms with Crippen LogP contribution in [0.5, 0.6) is 0 Å². The SMILES string of the molecule is Cc1cc(NC(=O)CSc2nnc([C@@H](NC(=O)c3cccc([N+](=O)[O-])c3)C(C)C)n2C)ccc1Br. The molecule has 0 saturated carbocycles.